The second kappa shape index (κ2) is 11.1. The first-order valence-electron chi connectivity index (χ1n) is 12.8. The van der Waals surface area contributed by atoms with Crippen molar-refractivity contribution in [1.82, 2.24) is 14.8 Å². The monoisotopic (exact) mass is 541 g/mol. The van der Waals surface area contributed by atoms with E-state index in [1.165, 1.54) is 25.4 Å². The van der Waals surface area contributed by atoms with E-state index in [1.54, 1.807) is 13.0 Å². The predicted octanol–water partition coefficient (Wildman–Crippen LogP) is 5.17. The van der Waals surface area contributed by atoms with Gasteiger partial charge in [0.15, 0.2) is 11.4 Å². The highest BCUT2D eigenvalue weighted by molar-refractivity contribution is 5.93. The molecule has 39 heavy (non-hydrogen) atoms. The third-order valence-corrected chi connectivity index (χ3v) is 7.41. The summed E-state index contributed by atoms with van der Waals surface area (Å²) in [7, 11) is 1.37. The quantitative estimate of drug-likeness (QED) is 0.406. The van der Waals surface area contributed by atoms with Crippen LogP contribution in [0.2, 0.25) is 0 Å². The van der Waals surface area contributed by atoms with E-state index in [1.807, 2.05) is 6.07 Å². The van der Waals surface area contributed by atoms with Gasteiger partial charge >= 0.3 is 0 Å². The van der Waals surface area contributed by atoms with Crippen molar-refractivity contribution in [2.45, 2.75) is 64.4 Å². The summed E-state index contributed by atoms with van der Waals surface area (Å²) in [6.07, 6.45) is 1.39. The van der Waals surface area contributed by atoms with E-state index in [9.17, 15) is 23.5 Å². The van der Waals surface area contributed by atoms with Crippen molar-refractivity contribution in [3.05, 3.63) is 41.5 Å². The maximum atomic E-state index is 15.1. The van der Waals surface area contributed by atoms with E-state index in [0.29, 0.717) is 29.5 Å². The lowest BCUT2D eigenvalue weighted by molar-refractivity contribution is -0.123. The van der Waals surface area contributed by atoms with Crippen LogP contribution in [0.25, 0.3) is 22.0 Å². The summed E-state index contributed by atoms with van der Waals surface area (Å²) in [4.78, 5) is 29.2. The van der Waals surface area contributed by atoms with Crippen LogP contribution in [0.15, 0.2) is 24.4 Å². The number of aromatic nitrogens is 3. The van der Waals surface area contributed by atoms with Gasteiger partial charge in [0.05, 0.1) is 18.2 Å². The maximum absolute atomic E-state index is 15.1. The van der Waals surface area contributed by atoms with Crippen LogP contribution in [0.4, 0.5) is 19.0 Å². The number of nitrogens with one attached hydrogen (secondary N) is 1. The molecule has 1 saturated carbocycles. The zero-order chi connectivity index (χ0) is 28.5. The molecule has 3 atom stereocenters. The third kappa shape index (κ3) is 5.81. The zero-order valence-corrected chi connectivity index (χ0v) is 22.0. The van der Waals surface area contributed by atoms with Gasteiger partial charge in [0.1, 0.15) is 17.1 Å². The van der Waals surface area contributed by atoms with Crippen molar-refractivity contribution >= 4 is 28.4 Å². The highest BCUT2D eigenvalue weighted by Crippen LogP contribution is 2.37. The fourth-order valence-corrected chi connectivity index (χ4v) is 5.44. The summed E-state index contributed by atoms with van der Waals surface area (Å²) in [5.41, 5.74) is -1.38. The van der Waals surface area contributed by atoms with Crippen molar-refractivity contribution in [3.8, 4) is 17.2 Å². The van der Waals surface area contributed by atoms with Crippen molar-refractivity contribution in [2.75, 3.05) is 5.32 Å². The molecule has 1 aromatic carbocycles. The van der Waals surface area contributed by atoms with E-state index < -0.39 is 17.8 Å². The summed E-state index contributed by atoms with van der Waals surface area (Å²) in [6.45, 7) is 2.71. The van der Waals surface area contributed by atoms with E-state index in [-0.39, 0.29) is 58.8 Å². The zero-order valence-electron chi connectivity index (χ0n) is 22.0. The molecule has 1 aliphatic rings. The average molecular weight is 542 g/mol. The summed E-state index contributed by atoms with van der Waals surface area (Å²) in [6, 6.07) is 6.18. The first kappa shape index (κ1) is 28.2. The Bertz CT molecular complexity index is 1460. The van der Waals surface area contributed by atoms with Gasteiger partial charge < -0.3 is 10.4 Å². The number of hydrogen-bond acceptors (Lipinski definition) is 6. The molecule has 2 aromatic heterocycles. The lowest BCUT2D eigenvalue weighted by atomic mass is 9.78. The van der Waals surface area contributed by atoms with E-state index in [2.05, 4.69) is 15.4 Å². The van der Waals surface area contributed by atoms with Crippen LogP contribution in [0.1, 0.15) is 56.7 Å². The van der Waals surface area contributed by atoms with Crippen molar-refractivity contribution < 1.29 is 27.9 Å². The van der Waals surface area contributed by atoms with Crippen molar-refractivity contribution in [3.63, 3.8) is 0 Å². The molecule has 1 unspecified atom stereocenters. The van der Waals surface area contributed by atoms with Gasteiger partial charge in [0.2, 0.25) is 5.91 Å². The second-order valence-corrected chi connectivity index (χ2v) is 10.5. The Labute approximate surface area is 223 Å². The number of aliphatic hydroxyl groups is 1. The number of nitriles is 1. The van der Waals surface area contributed by atoms with E-state index in [0.717, 1.165) is 24.4 Å². The number of aryl methyl sites for hydroxylation is 2. The number of fused-ring (bicyclic) bond motifs is 1. The molecule has 3 aromatic rings. The lowest BCUT2D eigenvalue weighted by Gasteiger charge is -2.27. The SMILES string of the molecule is Cc1cnc(NC(=O)[C@H]2CCC[C@@H](CC(=O)CC#N)C2)cc1-c1cc(F)c2nn(C)c(C(C)(O)C(F)F)c2c1. The van der Waals surface area contributed by atoms with Crippen LogP contribution >= 0.6 is 0 Å². The van der Waals surface area contributed by atoms with Crippen LogP contribution in [-0.4, -0.2) is 38.0 Å². The number of amides is 1. The minimum absolute atomic E-state index is 0.0470. The number of rotatable bonds is 8. The fraction of sp³-hybridized carbons (Fsp3) is 0.464. The molecule has 2 heterocycles. The van der Waals surface area contributed by atoms with Gasteiger partial charge in [-0.05, 0) is 73.9 Å². The Morgan fingerprint density at radius 1 is 1.31 bits per heavy atom. The minimum atomic E-state index is -3.13. The number of carbonyl (C=O) groups is 2. The Hall–Kier alpha value is -3.78. The van der Waals surface area contributed by atoms with Crippen LogP contribution < -0.4 is 5.32 Å². The molecule has 11 heteroatoms. The molecular weight excluding hydrogens is 511 g/mol. The lowest BCUT2D eigenvalue weighted by Crippen LogP contribution is -2.33. The number of Topliss-reactive ketones (excluding diaryl/α,β-unsaturated/α-hetero) is 1. The Morgan fingerprint density at radius 3 is 2.74 bits per heavy atom. The minimum Gasteiger partial charge on any atom is -0.378 e. The second-order valence-electron chi connectivity index (χ2n) is 10.5. The summed E-state index contributed by atoms with van der Waals surface area (Å²) in [5, 5.41) is 26.1. The first-order valence-corrected chi connectivity index (χ1v) is 12.8. The van der Waals surface area contributed by atoms with Gasteiger partial charge in [-0.25, -0.2) is 18.2 Å². The molecule has 1 aliphatic carbocycles. The number of halogens is 3. The molecule has 0 radical (unpaired) electrons. The van der Waals surface area contributed by atoms with Crippen molar-refractivity contribution in [1.29, 1.82) is 5.26 Å². The van der Waals surface area contributed by atoms with Crippen LogP contribution in [0, 0.1) is 35.9 Å². The van der Waals surface area contributed by atoms with E-state index in [4.69, 9.17) is 5.26 Å². The maximum Gasteiger partial charge on any atom is 0.272 e. The average Bonchev–Trinajstić information content (AvgIpc) is 3.22. The smallest absolute Gasteiger partial charge is 0.272 e. The number of carbonyl (C=O) groups excluding carboxylic acids is 2. The molecule has 0 bridgehead atoms. The summed E-state index contributed by atoms with van der Waals surface area (Å²) in [5.74, 6) is -1.12. The highest BCUT2D eigenvalue weighted by atomic mass is 19.3. The van der Waals surface area contributed by atoms with Crippen LogP contribution in [0.3, 0.4) is 0 Å². The Morgan fingerprint density at radius 2 is 2.05 bits per heavy atom. The van der Waals surface area contributed by atoms with Crippen molar-refractivity contribution in [2.24, 2.45) is 18.9 Å². The third-order valence-electron chi connectivity index (χ3n) is 7.41. The number of alkyl halides is 2. The number of anilines is 1. The molecule has 0 aliphatic heterocycles. The number of hydrogen-bond donors (Lipinski definition) is 2. The topological polar surface area (TPSA) is 121 Å². The molecule has 0 saturated heterocycles. The summed E-state index contributed by atoms with van der Waals surface area (Å²) >= 11 is 0. The Kier molecular flexibility index (Phi) is 8.07. The molecular formula is C28H30F3N5O3. The molecule has 1 amide bonds. The fourth-order valence-electron chi connectivity index (χ4n) is 5.44. The Balaban J connectivity index is 1.61. The van der Waals surface area contributed by atoms with Gasteiger partial charge in [-0.1, -0.05) is 6.42 Å². The molecule has 4 rings (SSSR count). The van der Waals surface area contributed by atoms with Gasteiger partial charge in [0, 0.05) is 31.0 Å². The normalized spacial score (nSPS) is 19.1. The predicted molar refractivity (Wildman–Crippen MR) is 138 cm³/mol. The largest absolute Gasteiger partial charge is 0.378 e. The first-order chi connectivity index (χ1) is 18.4. The number of benzene rings is 1. The number of pyridine rings is 1. The van der Waals surface area contributed by atoms with Gasteiger partial charge in [-0.15, -0.1) is 0 Å². The molecule has 206 valence electrons. The van der Waals surface area contributed by atoms with Gasteiger partial charge in [-0.3, -0.25) is 14.3 Å². The number of nitrogens with zero attached hydrogens (tertiary/aromatic N) is 4. The number of ketones is 1. The summed E-state index contributed by atoms with van der Waals surface area (Å²) < 4.78 is 43.5. The molecule has 0 spiro atoms. The van der Waals surface area contributed by atoms with Gasteiger partial charge in [0.25, 0.3) is 6.43 Å². The van der Waals surface area contributed by atoms with Crippen LogP contribution in [-0.2, 0) is 22.2 Å². The standard InChI is InChI=1S/C28H30F3N5O3/c1-15-14-33-23(34-26(38)17-6-4-5-16(9-17)10-19(37)7-8-32)13-20(15)18-11-21-24(22(29)12-18)35-36(3)25(21)28(2,39)27(30)31/h11-14,16-17,27,39H,4-7,9-10H2,1-3H3,(H,33,34,38)/t16-,17+,28?/m1/s1. The molecule has 8 nitrogen and oxygen atoms in total. The van der Waals surface area contributed by atoms with E-state index >= 15 is 4.39 Å². The van der Waals surface area contributed by atoms with Crippen LogP contribution in [0.5, 0.6) is 0 Å². The molecule has 1 fully saturated rings. The highest BCUT2D eigenvalue weighted by Gasteiger charge is 2.39. The molecule has 2 N–H and O–H groups in total. The van der Waals surface area contributed by atoms with Gasteiger partial charge in [-0.2, -0.15) is 10.4 Å².